The average Bonchev–Trinajstić information content (AvgIpc) is 2.07. The van der Waals surface area contributed by atoms with Crippen molar-refractivity contribution in [1.29, 1.82) is 0 Å². The molecule has 5 nitrogen and oxygen atoms in total. The number of aromatic carboxylic acids is 1. The van der Waals surface area contributed by atoms with Crippen LogP contribution in [-0.4, -0.2) is 20.7 Å². The number of carboxylic acid groups (broad SMARTS) is 1. The molecule has 0 fully saturated rings. The van der Waals surface area contributed by atoms with E-state index in [1.165, 1.54) is 17.8 Å². The number of carboxylic acids is 1. The molecule has 0 aliphatic heterocycles. The Hall–Kier alpha value is -1.65. The summed E-state index contributed by atoms with van der Waals surface area (Å²) in [6, 6.07) is 0. The first-order valence-corrected chi connectivity index (χ1v) is 2.91. The number of hydrogen-bond acceptors (Lipinski definition) is 3. The average molecular weight is 156 g/mol. The molecule has 4 N–H and O–H groups in total. The summed E-state index contributed by atoms with van der Waals surface area (Å²) in [5.41, 5.74) is 5.13. The monoisotopic (exact) mass is 156 g/mol. The van der Waals surface area contributed by atoms with Crippen LogP contribution in [0.2, 0.25) is 0 Å². The number of hydrogen-bond donors (Lipinski definition) is 3. The highest BCUT2D eigenvalue weighted by atomic mass is 16.4. The summed E-state index contributed by atoms with van der Waals surface area (Å²) in [5, 5.41) is 17.6. The maximum absolute atomic E-state index is 10.4. The molecule has 0 unspecified atom stereocenters. The molecule has 5 heteroatoms. The van der Waals surface area contributed by atoms with Gasteiger partial charge in [0.1, 0.15) is 0 Å². The molecule has 60 valence electrons. The second-order valence-corrected chi connectivity index (χ2v) is 2.20. The number of nitrogens with two attached hydrogens (primary N) is 1. The van der Waals surface area contributed by atoms with Crippen LogP contribution in [0.1, 0.15) is 10.5 Å². The van der Waals surface area contributed by atoms with Gasteiger partial charge in [0.25, 0.3) is 0 Å². The molecule has 0 aliphatic rings. The molecular formula is C6H8N2O3. The molecule has 0 radical (unpaired) electrons. The first kappa shape index (κ1) is 7.46. The molecule has 1 heterocycles. The molecular weight excluding hydrogens is 148 g/mol. The summed E-state index contributed by atoms with van der Waals surface area (Å²) < 4.78 is 1.26. The van der Waals surface area contributed by atoms with Gasteiger partial charge in [0, 0.05) is 13.2 Å². The van der Waals surface area contributed by atoms with Crippen LogP contribution in [0.5, 0.6) is 5.75 Å². The number of aromatic hydroxyl groups is 1. The fourth-order valence-corrected chi connectivity index (χ4v) is 0.890. The van der Waals surface area contributed by atoms with E-state index in [1.807, 2.05) is 0 Å². The highest BCUT2D eigenvalue weighted by Gasteiger charge is 2.16. The van der Waals surface area contributed by atoms with Gasteiger partial charge in [0.2, 0.25) is 0 Å². The minimum atomic E-state index is -1.19. The van der Waals surface area contributed by atoms with Crippen molar-refractivity contribution in [2.45, 2.75) is 0 Å². The zero-order chi connectivity index (χ0) is 8.59. The molecule has 0 amide bonds. The van der Waals surface area contributed by atoms with Gasteiger partial charge in [-0.1, -0.05) is 0 Å². The zero-order valence-electron chi connectivity index (χ0n) is 5.90. The van der Waals surface area contributed by atoms with Crippen molar-refractivity contribution in [2.75, 3.05) is 5.73 Å². The highest BCUT2D eigenvalue weighted by Crippen LogP contribution is 2.25. The lowest BCUT2D eigenvalue weighted by Crippen LogP contribution is -2.03. The van der Waals surface area contributed by atoms with E-state index < -0.39 is 5.97 Å². The molecule has 1 aromatic heterocycles. The molecule has 0 spiro atoms. The fraction of sp³-hybridized carbons (Fsp3) is 0.167. The Balaban J connectivity index is 3.34. The van der Waals surface area contributed by atoms with Crippen molar-refractivity contribution in [3.8, 4) is 5.75 Å². The normalized spacial score (nSPS) is 9.91. The number of nitrogens with zero attached hydrogens (tertiary/aromatic N) is 1. The van der Waals surface area contributed by atoms with E-state index in [0.717, 1.165) is 0 Å². The van der Waals surface area contributed by atoms with Crippen molar-refractivity contribution < 1.29 is 15.0 Å². The minimum Gasteiger partial charge on any atom is -0.504 e. The molecule has 0 atom stereocenters. The highest BCUT2D eigenvalue weighted by molar-refractivity contribution is 5.91. The Labute approximate surface area is 62.7 Å². The van der Waals surface area contributed by atoms with E-state index in [0.29, 0.717) is 0 Å². The largest absolute Gasteiger partial charge is 0.504 e. The van der Waals surface area contributed by atoms with Gasteiger partial charge in [-0.3, -0.25) is 0 Å². The molecule has 0 aliphatic carbocycles. The van der Waals surface area contributed by atoms with Crippen LogP contribution in [0.15, 0.2) is 6.20 Å². The lowest BCUT2D eigenvalue weighted by Gasteiger charge is -1.95. The van der Waals surface area contributed by atoms with E-state index in [4.69, 9.17) is 15.9 Å². The van der Waals surface area contributed by atoms with Crippen LogP contribution in [0.3, 0.4) is 0 Å². The van der Waals surface area contributed by atoms with Gasteiger partial charge in [-0.15, -0.1) is 0 Å². The zero-order valence-corrected chi connectivity index (χ0v) is 5.90. The summed E-state index contributed by atoms with van der Waals surface area (Å²) in [6.45, 7) is 0. The van der Waals surface area contributed by atoms with Crippen molar-refractivity contribution in [1.82, 2.24) is 4.57 Å². The Morgan fingerprint density at radius 1 is 1.73 bits per heavy atom. The topological polar surface area (TPSA) is 88.5 Å². The predicted molar refractivity (Wildman–Crippen MR) is 38.4 cm³/mol. The minimum absolute atomic E-state index is 0.0740. The number of aromatic nitrogens is 1. The molecule has 1 aromatic rings. The van der Waals surface area contributed by atoms with Crippen molar-refractivity contribution in [3.05, 3.63) is 11.9 Å². The van der Waals surface area contributed by atoms with Gasteiger partial charge in [-0.2, -0.15) is 0 Å². The van der Waals surface area contributed by atoms with E-state index >= 15 is 0 Å². The number of aryl methyl sites for hydroxylation is 1. The van der Waals surface area contributed by atoms with Crippen LogP contribution in [-0.2, 0) is 7.05 Å². The number of nitrogen functional groups attached to an aromatic ring is 1. The van der Waals surface area contributed by atoms with E-state index in [1.54, 1.807) is 0 Å². The predicted octanol–water partition coefficient (Wildman–Crippen LogP) is 0.0111. The standard InChI is InChI=1S/C6H8N2O3/c1-8-2-3(7)5(9)4(8)6(10)11/h2,9H,7H2,1H3,(H,10,11). The van der Waals surface area contributed by atoms with Crippen molar-refractivity contribution in [2.24, 2.45) is 7.05 Å². The third-order valence-electron chi connectivity index (χ3n) is 1.39. The number of anilines is 1. The Morgan fingerprint density at radius 3 is 2.45 bits per heavy atom. The fourth-order valence-electron chi connectivity index (χ4n) is 0.890. The van der Waals surface area contributed by atoms with Crippen molar-refractivity contribution >= 4 is 11.7 Å². The SMILES string of the molecule is Cn1cc(N)c(O)c1C(=O)O. The van der Waals surface area contributed by atoms with Crippen LogP contribution < -0.4 is 5.73 Å². The van der Waals surface area contributed by atoms with Crippen LogP contribution >= 0.6 is 0 Å². The van der Waals surface area contributed by atoms with Gasteiger partial charge in [-0.25, -0.2) is 4.79 Å². The Kier molecular flexibility index (Phi) is 1.48. The molecule has 0 saturated heterocycles. The first-order chi connectivity index (χ1) is 5.04. The smallest absolute Gasteiger partial charge is 0.356 e. The molecule has 0 aromatic carbocycles. The second-order valence-electron chi connectivity index (χ2n) is 2.20. The summed E-state index contributed by atoms with van der Waals surface area (Å²) in [4.78, 5) is 10.4. The van der Waals surface area contributed by atoms with Gasteiger partial charge in [0.15, 0.2) is 11.4 Å². The number of carbonyl (C=O) groups is 1. The van der Waals surface area contributed by atoms with E-state index in [-0.39, 0.29) is 17.1 Å². The molecule has 1 rings (SSSR count). The lowest BCUT2D eigenvalue weighted by atomic mass is 10.4. The summed E-state index contributed by atoms with van der Waals surface area (Å²) in [6.07, 6.45) is 1.35. The Bertz CT molecular complexity index is 303. The van der Waals surface area contributed by atoms with Gasteiger partial charge in [-0.05, 0) is 0 Å². The first-order valence-electron chi connectivity index (χ1n) is 2.91. The summed E-state index contributed by atoms with van der Waals surface area (Å²) in [7, 11) is 1.50. The summed E-state index contributed by atoms with van der Waals surface area (Å²) in [5.74, 6) is -1.57. The van der Waals surface area contributed by atoms with Crippen LogP contribution in [0.25, 0.3) is 0 Å². The van der Waals surface area contributed by atoms with Gasteiger partial charge in [0.05, 0.1) is 5.69 Å². The lowest BCUT2D eigenvalue weighted by molar-refractivity contribution is 0.0683. The molecule has 11 heavy (non-hydrogen) atoms. The van der Waals surface area contributed by atoms with Crippen molar-refractivity contribution in [3.63, 3.8) is 0 Å². The molecule has 0 bridgehead atoms. The van der Waals surface area contributed by atoms with Gasteiger partial charge < -0.3 is 20.5 Å². The third kappa shape index (κ3) is 1.000. The summed E-state index contributed by atoms with van der Waals surface area (Å²) >= 11 is 0. The van der Waals surface area contributed by atoms with E-state index in [2.05, 4.69) is 0 Å². The maximum Gasteiger partial charge on any atom is 0.356 e. The second kappa shape index (κ2) is 2.19. The quantitative estimate of drug-likeness (QED) is 0.534. The maximum atomic E-state index is 10.4. The molecule has 0 saturated carbocycles. The Morgan fingerprint density at radius 2 is 2.27 bits per heavy atom. The van der Waals surface area contributed by atoms with Crippen LogP contribution in [0.4, 0.5) is 5.69 Å². The van der Waals surface area contributed by atoms with E-state index in [9.17, 15) is 4.79 Å². The van der Waals surface area contributed by atoms with Gasteiger partial charge >= 0.3 is 5.97 Å². The van der Waals surface area contributed by atoms with Crippen LogP contribution in [0, 0.1) is 0 Å². The number of rotatable bonds is 1. The third-order valence-corrected chi connectivity index (χ3v) is 1.39.